The molecule has 7 nitrogen and oxygen atoms in total. The Labute approximate surface area is 158 Å². The van der Waals surface area contributed by atoms with Crippen LogP contribution in [0.2, 0.25) is 0 Å². The van der Waals surface area contributed by atoms with Crippen LogP contribution in [0.1, 0.15) is 40.0 Å². The molecule has 0 spiro atoms. The summed E-state index contributed by atoms with van der Waals surface area (Å²) in [4.78, 5) is 24.3. The molecule has 3 aliphatic rings. The molecule has 3 saturated heterocycles. The molecule has 3 heterocycles. The van der Waals surface area contributed by atoms with Crippen molar-refractivity contribution in [3.63, 3.8) is 0 Å². The first-order chi connectivity index (χ1) is 12.3. The van der Waals surface area contributed by atoms with Gasteiger partial charge in [0.25, 0.3) is 0 Å². The molecular formula is C18H27NO6S. The molecule has 3 fully saturated rings. The molecule has 0 aromatic heterocycles. The van der Waals surface area contributed by atoms with E-state index in [4.69, 9.17) is 18.9 Å². The Hall–Kier alpha value is -1.25. The van der Waals surface area contributed by atoms with E-state index in [1.807, 2.05) is 20.8 Å². The van der Waals surface area contributed by atoms with Crippen LogP contribution in [0.5, 0.6) is 0 Å². The van der Waals surface area contributed by atoms with Crippen LogP contribution >= 0.6 is 11.8 Å². The topological polar surface area (TPSA) is 83.1 Å². The van der Waals surface area contributed by atoms with Crippen LogP contribution in [0, 0.1) is 5.41 Å². The van der Waals surface area contributed by atoms with E-state index in [0.717, 1.165) is 17.1 Å². The highest BCUT2D eigenvalue weighted by atomic mass is 32.2. The Bertz CT molecular complexity index is 580. The lowest BCUT2D eigenvalue weighted by Gasteiger charge is -2.40. The number of hydrogen-bond acceptors (Lipinski definition) is 7. The Morgan fingerprint density at radius 1 is 1.35 bits per heavy atom. The number of thioether (sulfide) groups is 1. The Kier molecular flexibility index (Phi) is 5.84. The van der Waals surface area contributed by atoms with Crippen molar-refractivity contribution in [2.75, 3.05) is 25.6 Å². The number of fused-ring (bicyclic) bond motifs is 1. The molecule has 0 radical (unpaired) electrons. The van der Waals surface area contributed by atoms with Gasteiger partial charge in [0.15, 0.2) is 11.9 Å². The highest BCUT2D eigenvalue weighted by molar-refractivity contribution is 8.03. The number of rotatable bonds is 6. The number of alkyl carbamates (subject to hydrolysis) is 1. The van der Waals surface area contributed by atoms with Crippen LogP contribution in [-0.2, 0) is 23.7 Å². The van der Waals surface area contributed by atoms with Gasteiger partial charge < -0.3 is 24.3 Å². The summed E-state index contributed by atoms with van der Waals surface area (Å²) in [6.07, 6.45) is 3.39. The highest BCUT2D eigenvalue weighted by Gasteiger charge is 2.41. The molecular weight excluding hydrogens is 358 g/mol. The number of esters is 1. The van der Waals surface area contributed by atoms with E-state index < -0.39 is 5.79 Å². The van der Waals surface area contributed by atoms with E-state index in [0.29, 0.717) is 32.7 Å². The molecule has 0 saturated carbocycles. The van der Waals surface area contributed by atoms with Gasteiger partial charge in [-0.05, 0) is 26.7 Å². The first-order valence-corrected chi connectivity index (χ1v) is 9.98. The van der Waals surface area contributed by atoms with E-state index in [2.05, 4.69) is 11.4 Å². The molecule has 0 aromatic rings. The fraction of sp³-hybridized carbons (Fsp3) is 0.778. The SMILES string of the molecule is CC1(COC(=O)CCCC=C2SC[C@@H]3NC(=O)O[C@H]23)COC(C)(C)OC1. The van der Waals surface area contributed by atoms with Gasteiger partial charge in [-0.3, -0.25) is 4.79 Å². The summed E-state index contributed by atoms with van der Waals surface area (Å²) in [5, 5.41) is 2.79. The first-order valence-electron chi connectivity index (χ1n) is 9.00. The lowest BCUT2D eigenvalue weighted by molar-refractivity contribution is -0.287. The molecule has 0 aromatic carbocycles. The van der Waals surface area contributed by atoms with Crippen molar-refractivity contribution >= 4 is 23.8 Å². The third-order valence-electron chi connectivity index (χ3n) is 4.66. The zero-order valence-electron chi connectivity index (χ0n) is 15.5. The van der Waals surface area contributed by atoms with Gasteiger partial charge in [-0.2, -0.15) is 0 Å². The third-order valence-corrected chi connectivity index (χ3v) is 5.92. The van der Waals surface area contributed by atoms with Crippen LogP contribution in [0.4, 0.5) is 4.79 Å². The normalized spacial score (nSPS) is 30.6. The summed E-state index contributed by atoms with van der Waals surface area (Å²) >= 11 is 1.70. The van der Waals surface area contributed by atoms with E-state index >= 15 is 0 Å². The van der Waals surface area contributed by atoms with Crippen LogP contribution in [-0.4, -0.2) is 55.6 Å². The number of ether oxygens (including phenoxy) is 4. The molecule has 146 valence electrons. The molecule has 0 unspecified atom stereocenters. The first kappa shape index (κ1) is 19.5. The van der Waals surface area contributed by atoms with Crippen LogP contribution < -0.4 is 5.32 Å². The minimum atomic E-state index is -0.572. The van der Waals surface area contributed by atoms with Gasteiger partial charge in [0.05, 0.1) is 19.3 Å². The number of allylic oxidation sites excluding steroid dienone is 1. The van der Waals surface area contributed by atoms with Gasteiger partial charge in [0.1, 0.15) is 6.61 Å². The maximum absolute atomic E-state index is 12.0. The molecule has 3 rings (SSSR count). The van der Waals surface area contributed by atoms with Crippen LogP contribution in [0.25, 0.3) is 0 Å². The molecule has 26 heavy (non-hydrogen) atoms. The summed E-state index contributed by atoms with van der Waals surface area (Å²) in [7, 11) is 0. The van der Waals surface area contributed by atoms with E-state index in [1.54, 1.807) is 11.8 Å². The van der Waals surface area contributed by atoms with Crippen molar-refractivity contribution in [3.05, 3.63) is 11.0 Å². The summed E-state index contributed by atoms with van der Waals surface area (Å²) < 4.78 is 21.9. The van der Waals surface area contributed by atoms with Crippen molar-refractivity contribution < 1.29 is 28.5 Å². The minimum absolute atomic E-state index is 0.0781. The quantitative estimate of drug-likeness (QED) is 0.556. The van der Waals surface area contributed by atoms with Crippen molar-refractivity contribution in [2.24, 2.45) is 5.41 Å². The molecule has 0 bridgehead atoms. The van der Waals surface area contributed by atoms with Crippen molar-refractivity contribution in [1.29, 1.82) is 0 Å². The molecule has 8 heteroatoms. The molecule has 0 aliphatic carbocycles. The Morgan fingerprint density at radius 3 is 2.81 bits per heavy atom. The number of unbranched alkanes of at least 4 members (excludes halogenated alkanes) is 1. The van der Waals surface area contributed by atoms with Gasteiger partial charge in [-0.25, -0.2) is 4.79 Å². The fourth-order valence-electron chi connectivity index (χ4n) is 2.97. The van der Waals surface area contributed by atoms with Gasteiger partial charge in [0, 0.05) is 22.5 Å². The lowest BCUT2D eigenvalue weighted by atomic mass is 9.93. The second-order valence-corrected chi connectivity index (χ2v) is 8.93. The molecule has 3 aliphatic heterocycles. The number of amides is 1. The van der Waals surface area contributed by atoms with Crippen molar-refractivity contribution in [1.82, 2.24) is 5.32 Å². The Balaban J connectivity index is 1.33. The van der Waals surface area contributed by atoms with Gasteiger partial charge >= 0.3 is 12.1 Å². The van der Waals surface area contributed by atoms with E-state index in [-0.39, 0.29) is 29.6 Å². The highest BCUT2D eigenvalue weighted by Crippen LogP contribution is 2.36. The summed E-state index contributed by atoms with van der Waals surface area (Å²) in [5.74, 6) is 0.0571. The predicted octanol–water partition coefficient (Wildman–Crippen LogP) is 2.60. The predicted molar refractivity (Wildman–Crippen MR) is 96.6 cm³/mol. The van der Waals surface area contributed by atoms with Crippen molar-refractivity contribution in [2.45, 2.75) is 58.0 Å². The van der Waals surface area contributed by atoms with Crippen LogP contribution in [0.3, 0.4) is 0 Å². The standard InChI is InChI=1S/C18H27NO6S/c1-17(2)23-10-18(3,11-24-17)9-22-14(20)7-5-4-6-13-15-12(8-26-13)19-16(21)25-15/h6,12,15H,4-5,7-11H2,1-3H3,(H,19,21)/t12-,15-/m0/s1. The van der Waals surface area contributed by atoms with E-state index in [9.17, 15) is 9.59 Å². The number of hydrogen-bond donors (Lipinski definition) is 1. The Morgan fingerprint density at radius 2 is 2.08 bits per heavy atom. The van der Waals surface area contributed by atoms with Gasteiger partial charge in [-0.1, -0.05) is 13.0 Å². The van der Waals surface area contributed by atoms with Crippen LogP contribution in [0.15, 0.2) is 11.0 Å². The smallest absolute Gasteiger partial charge is 0.408 e. The van der Waals surface area contributed by atoms with E-state index in [1.165, 1.54) is 0 Å². The maximum Gasteiger partial charge on any atom is 0.408 e. The zero-order valence-corrected chi connectivity index (χ0v) is 16.4. The minimum Gasteiger partial charge on any atom is -0.465 e. The second kappa shape index (κ2) is 7.78. The lowest BCUT2D eigenvalue weighted by Crippen LogP contribution is -2.47. The monoisotopic (exact) mass is 385 g/mol. The number of nitrogens with one attached hydrogen (secondary N) is 1. The largest absolute Gasteiger partial charge is 0.465 e. The van der Waals surface area contributed by atoms with Crippen molar-refractivity contribution in [3.8, 4) is 0 Å². The average molecular weight is 385 g/mol. The summed E-state index contributed by atoms with van der Waals surface area (Å²) in [6, 6.07) is 0.0781. The maximum atomic E-state index is 12.0. The van der Waals surface area contributed by atoms with Gasteiger partial charge in [-0.15, -0.1) is 11.8 Å². The second-order valence-electron chi connectivity index (χ2n) is 7.83. The van der Waals surface area contributed by atoms with Gasteiger partial charge in [0.2, 0.25) is 0 Å². The zero-order chi connectivity index (χ0) is 18.8. The number of carbonyl (C=O) groups is 2. The molecule has 1 amide bonds. The molecule has 2 atom stereocenters. The summed E-state index contributed by atoms with van der Waals surface area (Å²) in [6.45, 7) is 7.05. The number of carbonyl (C=O) groups excluding carboxylic acids is 2. The molecule has 1 N–H and O–H groups in total. The third kappa shape index (κ3) is 4.92. The fourth-order valence-corrected chi connectivity index (χ4v) is 4.21. The summed E-state index contributed by atoms with van der Waals surface area (Å²) in [5.41, 5.74) is -0.304. The average Bonchev–Trinajstić information content (AvgIpc) is 3.13.